The Hall–Kier alpha value is -4.56. The van der Waals surface area contributed by atoms with Gasteiger partial charge in [0.05, 0.1) is 36.1 Å². The summed E-state index contributed by atoms with van der Waals surface area (Å²) in [7, 11) is 0. The molecule has 0 aliphatic rings. The van der Waals surface area contributed by atoms with E-state index in [2.05, 4.69) is 20.8 Å². The molecular weight excluding hydrogens is 622 g/mol. The molecule has 14 heteroatoms. The summed E-state index contributed by atoms with van der Waals surface area (Å²) in [5.74, 6) is -2.63. The minimum atomic E-state index is -0.748. The van der Waals surface area contributed by atoms with Crippen LogP contribution in [0.1, 0.15) is 68.1 Å². The zero-order valence-corrected chi connectivity index (χ0v) is 26.9. The Bertz CT molecular complexity index is 1740. The third-order valence-corrected chi connectivity index (χ3v) is 8.69. The van der Waals surface area contributed by atoms with Gasteiger partial charge in [-0.1, -0.05) is 36.0 Å². The van der Waals surface area contributed by atoms with Crippen LogP contribution in [0.3, 0.4) is 0 Å². The van der Waals surface area contributed by atoms with E-state index in [1.807, 2.05) is 31.2 Å². The van der Waals surface area contributed by atoms with Crippen LogP contribution >= 0.6 is 23.1 Å². The number of aromatic nitrogens is 3. The molecule has 2 aromatic heterocycles. The van der Waals surface area contributed by atoms with E-state index in [1.54, 1.807) is 38.3 Å². The highest BCUT2D eigenvalue weighted by molar-refractivity contribution is 8.00. The van der Waals surface area contributed by atoms with Crippen molar-refractivity contribution in [2.24, 2.45) is 0 Å². The number of thioether (sulfide) groups is 1. The number of benzene rings is 2. The molecule has 1 unspecified atom stereocenters. The Labute approximate surface area is 267 Å². The summed E-state index contributed by atoms with van der Waals surface area (Å²) in [5, 5.41) is 13.8. The average Bonchev–Trinajstić information content (AvgIpc) is 3.56. The highest BCUT2D eigenvalue weighted by Crippen LogP contribution is 2.35. The fourth-order valence-electron chi connectivity index (χ4n) is 4.28. The van der Waals surface area contributed by atoms with Crippen molar-refractivity contribution in [1.29, 1.82) is 0 Å². The van der Waals surface area contributed by atoms with Crippen molar-refractivity contribution < 1.29 is 33.0 Å². The van der Waals surface area contributed by atoms with Crippen LogP contribution in [0.4, 0.5) is 9.39 Å². The molecule has 2 heterocycles. The summed E-state index contributed by atoms with van der Waals surface area (Å²) >= 11 is 2.04. The van der Waals surface area contributed by atoms with E-state index in [-0.39, 0.29) is 40.8 Å². The first-order chi connectivity index (χ1) is 21.5. The van der Waals surface area contributed by atoms with Gasteiger partial charge in [-0.05, 0) is 70.0 Å². The second kappa shape index (κ2) is 14.9. The fraction of sp³-hybridized carbons (Fsp3) is 0.290. The van der Waals surface area contributed by atoms with E-state index in [1.165, 1.54) is 18.2 Å². The Morgan fingerprint density at radius 3 is 2.40 bits per heavy atom. The van der Waals surface area contributed by atoms with Crippen molar-refractivity contribution >= 4 is 51.9 Å². The number of hydrogen-bond donors (Lipinski definition) is 2. The molecule has 0 aliphatic carbocycles. The van der Waals surface area contributed by atoms with Crippen LogP contribution in [-0.4, -0.2) is 57.0 Å². The predicted octanol–water partition coefficient (Wildman–Crippen LogP) is 5.49. The van der Waals surface area contributed by atoms with Crippen LogP contribution in [0.15, 0.2) is 53.7 Å². The molecule has 0 spiro atoms. The van der Waals surface area contributed by atoms with Crippen molar-refractivity contribution in [3.05, 3.63) is 87.3 Å². The van der Waals surface area contributed by atoms with E-state index in [4.69, 9.17) is 9.47 Å². The first-order valence-corrected chi connectivity index (χ1v) is 15.7. The highest BCUT2D eigenvalue weighted by Gasteiger charge is 2.29. The zero-order valence-electron chi connectivity index (χ0n) is 25.3. The molecule has 0 saturated carbocycles. The Kier molecular flexibility index (Phi) is 11.1. The number of aryl methyl sites for hydroxylation is 1. The van der Waals surface area contributed by atoms with Gasteiger partial charge < -0.3 is 20.1 Å². The lowest BCUT2D eigenvalue weighted by Gasteiger charge is -2.15. The number of halogens is 1. The summed E-state index contributed by atoms with van der Waals surface area (Å²) in [4.78, 5) is 51.6. The third-order valence-electron chi connectivity index (χ3n) is 6.46. The first-order valence-electron chi connectivity index (χ1n) is 14.0. The number of carbonyl (C=O) groups excluding carboxylic acids is 4. The van der Waals surface area contributed by atoms with E-state index in [0.717, 1.165) is 28.7 Å². The number of rotatable bonds is 12. The third kappa shape index (κ3) is 7.75. The molecule has 11 nitrogen and oxygen atoms in total. The topological polar surface area (TPSA) is 142 Å². The number of amides is 2. The minimum absolute atomic E-state index is 0.0662. The molecule has 2 N–H and O–H groups in total. The molecule has 0 fully saturated rings. The lowest BCUT2D eigenvalue weighted by atomic mass is 10.1. The van der Waals surface area contributed by atoms with E-state index in [9.17, 15) is 23.6 Å². The molecule has 45 heavy (non-hydrogen) atoms. The normalized spacial score (nSPS) is 11.5. The largest absolute Gasteiger partial charge is 0.462 e. The highest BCUT2D eigenvalue weighted by atomic mass is 32.2. The standard InChI is InChI=1S/C31H32FN5O6S2/c1-6-42-29(40)24-18(4)25(30(41)43-7-2)45-28(24)34-26(38)19(5)44-31-36-35-23(37(31)20-12-10-11-17(3)15-20)16-33-27(39)21-13-8-9-14-22(21)32/h8-15,19H,6-7,16H2,1-5H3,(H,33,39)(H,34,38). The number of nitrogens with zero attached hydrogens (tertiary/aromatic N) is 3. The first kappa shape index (κ1) is 33.3. The van der Waals surface area contributed by atoms with Crippen molar-refractivity contribution in [3.8, 4) is 5.69 Å². The van der Waals surface area contributed by atoms with Gasteiger partial charge in [-0.2, -0.15) is 0 Å². The fourth-order valence-corrected chi connectivity index (χ4v) is 6.26. The summed E-state index contributed by atoms with van der Waals surface area (Å²) in [6.45, 7) is 8.70. The van der Waals surface area contributed by atoms with Gasteiger partial charge >= 0.3 is 11.9 Å². The SMILES string of the molecule is CCOC(=O)c1sc(NC(=O)C(C)Sc2nnc(CNC(=O)c3ccccc3F)n2-c2cccc(C)c2)c(C(=O)OCC)c1C. The molecule has 4 rings (SSSR count). The smallest absolute Gasteiger partial charge is 0.348 e. The average molecular weight is 654 g/mol. The summed E-state index contributed by atoms with van der Waals surface area (Å²) in [5.41, 5.74) is 2.00. The van der Waals surface area contributed by atoms with Gasteiger partial charge in [-0.3, -0.25) is 14.2 Å². The maximum atomic E-state index is 14.2. The van der Waals surface area contributed by atoms with Crippen LogP contribution in [0.2, 0.25) is 0 Å². The van der Waals surface area contributed by atoms with Gasteiger partial charge in [-0.15, -0.1) is 21.5 Å². The number of carbonyl (C=O) groups is 4. The molecule has 0 bridgehead atoms. The Morgan fingerprint density at radius 1 is 1.00 bits per heavy atom. The van der Waals surface area contributed by atoms with E-state index < -0.39 is 34.8 Å². The predicted molar refractivity (Wildman–Crippen MR) is 169 cm³/mol. The maximum Gasteiger partial charge on any atom is 0.348 e. The van der Waals surface area contributed by atoms with E-state index in [0.29, 0.717) is 22.2 Å². The molecule has 1 atom stereocenters. The molecular formula is C31H32FN5O6S2. The van der Waals surface area contributed by atoms with Crippen LogP contribution in [0.25, 0.3) is 5.69 Å². The van der Waals surface area contributed by atoms with Gasteiger partial charge in [-0.25, -0.2) is 14.0 Å². The number of nitrogens with one attached hydrogen (secondary N) is 2. The molecule has 0 radical (unpaired) electrons. The summed E-state index contributed by atoms with van der Waals surface area (Å²) < 4.78 is 26.2. The zero-order chi connectivity index (χ0) is 32.7. The van der Waals surface area contributed by atoms with Gasteiger partial charge in [0, 0.05) is 5.69 Å². The second-order valence-electron chi connectivity index (χ2n) is 9.69. The van der Waals surface area contributed by atoms with Gasteiger partial charge in [0.2, 0.25) is 5.91 Å². The van der Waals surface area contributed by atoms with Crippen molar-refractivity contribution in [2.45, 2.75) is 51.6 Å². The quantitative estimate of drug-likeness (QED) is 0.150. The molecule has 2 amide bonds. The molecule has 236 valence electrons. The number of ether oxygens (including phenoxy) is 2. The maximum absolute atomic E-state index is 14.2. The van der Waals surface area contributed by atoms with Crippen molar-refractivity contribution in [3.63, 3.8) is 0 Å². The van der Waals surface area contributed by atoms with Crippen LogP contribution in [0.5, 0.6) is 0 Å². The number of thiophene rings is 1. The molecule has 0 saturated heterocycles. The van der Waals surface area contributed by atoms with Crippen LogP contribution in [-0.2, 0) is 20.8 Å². The Balaban J connectivity index is 1.59. The second-order valence-corrected chi connectivity index (χ2v) is 12.0. The molecule has 0 aliphatic heterocycles. The Morgan fingerprint density at radius 2 is 1.71 bits per heavy atom. The monoisotopic (exact) mass is 653 g/mol. The van der Waals surface area contributed by atoms with Gasteiger partial charge in [0.15, 0.2) is 11.0 Å². The molecule has 2 aromatic carbocycles. The number of hydrogen-bond acceptors (Lipinski definition) is 10. The van der Waals surface area contributed by atoms with Crippen molar-refractivity contribution in [1.82, 2.24) is 20.1 Å². The van der Waals surface area contributed by atoms with Crippen molar-refractivity contribution in [2.75, 3.05) is 18.5 Å². The summed E-state index contributed by atoms with van der Waals surface area (Å²) in [6.07, 6.45) is 0. The minimum Gasteiger partial charge on any atom is -0.462 e. The molecule has 4 aromatic rings. The van der Waals surface area contributed by atoms with Crippen LogP contribution < -0.4 is 10.6 Å². The van der Waals surface area contributed by atoms with Gasteiger partial charge in [0.25, 0.3) is 5.91 Å². The summed E-state index contributed by atoms with van der Waals surface area (Å²) in [6, 6.07) is 13.2. The lowest BCUT2D eigenvalue weighted by Crippen LogP contribution is -2.26. The lowest BCUT2D eigenvalue weighted by molar-refractivity contribution is -0.115. The number of esters is 2. The van der Waals surface area contributed by atoms with E-state index >= 15 is 0 Å². The number of anilines is 1. The van der Waals surface area contributed by atoms with Gasteiger partial charge in [0.1, 0.15) is 15.7 Å². The van der Waals surface area contributed by atoms with Crippen LogP contribution in [0, 0.1) is 19.7 Å².